The molecule has 1 fully saturated rings. The molecular weight excluding hydrogens is 308 g/mol. The van der Waals surface area contributed by atoms with Crippen LogP contribution in [0.2, 0.25) is 0 Å². The zero-order valence-electron chi connectivity index (χ0n) is 14.2. The van der Waals surface area contributed by atoms with E-state index in [2.05, 4.69) is 58.3 Å². The van der Waals surface area contributed by atoms with Crippen LogP contribution in [0, 0.1) is 5.92 Å². The van der Waals surface area contributed by atoms with Gasteiger partial charge in [-0.05, 0) is 24.3 Å². The number of thiophene rings is 1. The van der Waals surface area contributed by atoms with E-state index < -0.39 is 0 Å². The number of aromatic nitrogens is 2. The van der Waals surface area contributed by atoms with Gasteiger partial charge in [0.25, 0.3) is 0 Å². The van der Waals surface area contributed by atoms with Crippen LogP contribution in [0.4, 0.5) is 0 Å². The average Bonchev–Trinajstić information content (AvgIpc) is 3.19. The van der Waals surface area contributed by atoms with E-state index in [-0.39, 0.29) is 6.04 Å². The van der Waals surface area contributed by atoms with E-state index in [1.807, 2.05) is 11.3 Å². The molecule has 0 aromatic carbocycles. The van der Waals surface area contributed by atoms with E-state index in [1.54, 1.807) is 0 Å². The van der Waals surface area contributed by atoms with Crippen LogP contribution in [0.1, 0.15) is 43.5 Å². The van der Waals surface area contributed by atoms with Crippen LogP contribution in [-0.4, -0.2) is 46.2 Å². The minimum Gasteiger partial charge on any atom is -0.424 e. The largest absolute Gasteiger partial charge is 0.424 e. The van der Waals surface area contributed by atoms with Gasteiger partial charge in [-0.25, -0.2) is 0 Å². The Hall–Kier alpha value is -1.24. The Balaban J connectivity index is 1.51. The Labute approximate surface area is 142 Å². The van der Waals surface area contributed by atoms with Crippen molar-refractivity contribution in [2.75, 3.05) is 26.2 Å². The molecule has 1 saturated heterocycles. The lowest BCUT2D eigenvalue weighted by Crippen LogP contribution is -2.46. The summed E-state index contributed by atoms with van der Waals surface area (Å²) in [5.74, 6) is 2.06. The number of piperazine rings is 1. The lowest BCUT2D eigenvalue weighted by atomic mass is 10.1. The summed E-state index contributed by atoms with van der Waals surface area (Å²) in [6.45, 7) is 11.9. The molecule has 3 rings (SSSR count). The van der Waals surface area contributed by atoms with E-state index in [4.69, 9.17) is 4.42 Å². The first kappa shape index (κ1) is 16.6. The molecule has 1 atom stereocenters. The maximum atomic E-state index is 5.85. The first-order valence-corrected chi connectivity index (χ1v) is 9.31. The summed E-state index contributed by atoms with van der Waals surface area (Å²) in [5, 5.41) is 10.6. The summed E-state index contributed by atoms with van der Waals surface area (Å²) >= 11 is 1.84. The minimum absolute atomic E-state index is 0.201. The van der Waals surface area contributed by atoms with Gasteiger partial charge in [-0.2, -0.15) is 0 Å². The highest BCUT2D eigenvalue weighted by Crippen LogP contribution is 2.22. The topological polar surface area (TPSA) is 45.4 Å². The molecule has 0 N–H and O–H groups in total. The third-order valence-electron chi connectivity index (χ3n) is 4.34. The van der Waals surface area contributed by atoms with Gasteiger partial charge in [-0.3, -0.25) is 9.80 Å². The molecule has 126 valence electrons. The Bertz CT molecular complexity index is 588. The summed E-state index contributed by atoms with van der Waals surface area (Å²) in [4.78, 5) is 6.41. The molecule has 0 radical (unpaired) electrons. The Morgan fingerprint density at radius 1 is 1.17 bits per heavy atom. The fourth-order valence-corrected chi connectivity index (χ4v) is 3.70. The zero-order chi connectivity index (χ0) is 16.2. The van der Waals surface area contributed by atoms with Gasteiger partial charge >= 0.3 is 0 Å². The molecular formula is C17H26N4OS. The standard InChI is InChI=1S/C17H26N4OS/c1-13(2)11-16-18-19-17(22-16)14(3)21-8-6-20(7-9-21)12-15-5-4-10-23-15/h4-5,10,13-14H,6-9,11-12H2,1-3H3/t14-/m1/s1. The van der Waals surface area contributed by atoms with Crippen LogP contribution < -0.4 is 0 Å². The van der Waals surface area contributed by atoms with Gasteiger partial charge in [0.2, 0.25) is 11.8 Å². The van der Waals surface area contributed by atoms with Crippen LogP contribution in [-0.2, 0) is 13.0 Å². The number of nitrogens with zero attached hydrogens (tertiary/aromatic N) is 4. The molecule has 1 aliphatic heterocycles. The molecule has 0 spiro atoms. The van der Waals surface area contributed by atoms with Crippen molar-refractivity contribution in [3.05, 3.63) is 34.2 Å². The summed E-state index contributed by atoms with van der Waals surface area (Å²) in [5.41, 5.74) is 0. The predicted molar refractivity (Wildman–Crippen MR) is 92.4 cm³/mol. The number of hydrogen-bond acceptors (Lipinski definition) is 6. The van der Waals surface area contributed by atoms with Crippen LogP contribution in [0.3, 0.4) is 0 Å². The monoisotopic (exact) mass is 334 g/mol. The molecule has 0 aliphatic carbocycles. The fourth-order valence-electron chi connectivity index (χ4n) is 2.96. The second-order valence-electron chi connectivity index (χ2n) is 6.70. The third kappa shape index (κ3) is 4.40. The van der Waals surface area contributed by atoms with E-state index in [0.717, 1.165) is 50.9 Å². The van der Waals surface area contributed by atoms with Crippen molar-refractivity contribution < 1.29 is 4.42 Å². The SMILES string of the molecule is CC(C)Cc1nnc([C@@H](C)N2CCN(Cc3cccs3)CC2)o1. The van der Waals surface area contributed by atoms with Gasteiger partial charge in [0, 0.05) is 44.0 Å². The van der Waals surface area contributed by atoms with E-state index >= 15 is 0 Å². The fraction of sp³-hybridized carbons (Fsp3) is 0.647. The quantitative estimate of drug-likeness (QED) is 0.812. The Morgan fingerprint density at radius 3 is 2.61 bits per heavy atom. The molecule has 2 aromatic rings. The van der Waals surface area contributed by atoms with Crippen molar-refractivity contribution in [3.8, 4) is 0 Å². The van der Waals surface area contributed by atoms with Crippen LogP contribution >= 0.6 is 11.3 Å². The first-order chi connectivity index (χ1) is 11.1. The van der Waals surface area contributed by atoms with Crippen molar-refractivity contribution >= 4 is 11.3 Å². The van der Waals surface area contributed by atoms with Crippen molar-refractivity contribution in [2.45, 2.75) is 39.8 Å². The minimum atomic E-state index is 0.201. The van der Waals surface area contributed by atoms with E-state index in [0.29, 0.717) is 5.92 Å². The molecule has 0 saturated carbocycles. The molecule has 23 heavy (non-hydrogen) atoms. The van der Waals surface area contributed by atoms with Crippen molar-refractivity contribution in [3.63, 3.8) is 0 Å². The van der Waals surface area contributed by atoms with E-state index in [9.17, 15) is 0 Å². The molecule has 0 amide bonds. The van der Waals surface area contributed by atoms with Gasteiger partial charge < -0.3 is 4.42 Å². The normalized spacial score (nSPS) is 18.6. The smallest absolute Gasteiger partial charge is 0.233 e. The lowest BCUT2D eigenvalue weighted by Gasteiger charge is -2.36. The van der Waals surface area contributed by atoms with E-state index in [1.165, 1.54) is 4.88 Å². The maximum absolute atomic E-state index is 5.85. The molecule has 1 aliphatic rings. The molecule has 0 bridgehead atoms. The van der Waals surface area contributed by atoms with Gasteiger partial charge in [-0.1, -0.05) is 19.9 Å². The second-order valence-corrected chi connectivity index (χ2v) is 7.73. The zero-order valence-corrected chi connectivity index (χ0v) is 15.1. The third-order valence-corrected chi connectivity index (χ3v) is 5.20. The Kier molecular flexibility index (Phi) is 5.46. The van der Waals surface area contributed by atoms with Crippen molar-refractivity contribution in [2.24, 2.45) is 5.92 Å². The predicted octanol–water partition coefficient (Wildman–Crippen LogP) is 3.21. The van der Waals surface area contributed by atoms with Gasteiger partial charge in [0.05, 0.1) is 6.04 Å². The van der Waals surface area contributed by atoms with Crippen molar-refractivity contribution in [1.82, 2.24) is 20.0 Å². The van der Waals surface area contributed by atoms with Gasteiger partial charge in [-0.15, -0.1) is 21.5 Å². The molecule has 0 unspecified atom stereocenters. The number of rotatable bonds is 6. The molecule has 3 heterocycles. The summed E-state index contributed by atoms with van der Waals surface area (Å²) < 4.78 is 5.85. The van der Waals surface area contributed by atoms with Crippen LogP contribution in [0.25, 0.3) is 0 Å². The molecule has 5 nitrogen and oxygen atoms in total. The lowest BCUT2D eigenvalue weighted by molar-refractivity contribution is 0.0873. The second kappa shape index (κ2) is 7.55. The number of hydrogen-bond donors (Lipinski definition) is 0. The highest BCUT2D eigenvalue weighted by Gasteiger charge is 2.25. The van der Waals surface area contributed by atoms with Crippen LogP contribution in [0.15, 0.2) is 21.9 Å². The summed E-state index contributed by atoms with van der Waals surface area (Å²) in [7, 11) is 0. The molecule has 2 aromatic heterocycles. The summed E-state index contributed by atoms with van der Waals surface area (Å²) in [6.07, 6.45) is 0.855. The Morgan fingerprint density at radius 2 is 1.96 bits per heavy atom. The van der Waals surface area contributed by atoms with Gasteiger partial charge in [0.15, 0.2) is 0 Å². The highest BCUT2D eigenvalue weighted by atomic mass is 32.1. The van der Waals surface area contributed by atoms with Crippen molar-refractivity contribution in [1.29, 1.82) is 0 Å². The first-order valence-electron chi connectivity index (χ1n) is 8.43. The molecule has 6 heteroatoms. The van der Waals surface area contributed by atoms with Gasteiger partial charge in [0.1, 0.15) is 0 Å². The van der Waals surface area contributed by atoms with Crippen LogP contribution in [0.5, 0.6) is 0 Å². The maximum Gasteiger partial charge on any atom is 0.233 e. The average molecular weight is 334 g/mol. The highest BCUT2D eigenvalue weighted by molar-refractivity contribution is 7.09. The summed E-state index contributed by atoms with van der Waals surface area (Å²) in [6, 6.07) is 4.55.